The lowest BCUT2D eigenvalue weighted by Gasteiger charge is -2.19. The maximum absolute atomic E-state index is 10.5. The van der Waals surface area contributed by atoms with Gasteiger partial charge in [-0.2, -0.15) is 0 Å². The fraction of sp³-hybridized carbons (Fsp3) is 0.286. The van der Waals surface area contributed by atoms with Gasteiger partial charge in [0.05, 0.1) is 0 Å². The Hall–Kier alpha value is -0.0900. The Labute approximate surface area is 81.2 Å². The summed E-state index contributed by atoms with van der Waals surface area (Å²) in [6.45, 7) is 0. The highest BCUT2D eigenvalue weighted by Gasteiger charge is 2.27. The van der Waals surface area contributed by atoms with Crippen molar-refractivity contribution in [3.63, 3.8) is 0 Å². The molecule has 0 aromatic carbocycles. The van der Waals surface area contributed by atoms with Crippen LogP contribution in [0, 0.1) is 0 Å². The quantitative estimate of drug-likeness (QED) is 0.592. The standard InChI is InChI=1S/C7H6Br2O2/c8-5-3-7(9,4-10)2-1-6(5)11/h1-2,4,11H,3H2. The van der Waals surface area contributed by atoms with Crippen molar-refractivity contribution in [2.24, 2.45) is 0 Å². The number of aliphatic hydroxyl groups is 1. The molecule has 0 aromatic rings. The van der Waals surface area contributed by atoms with Gasteiger partial charge in [-0.1, -0.05) is 37.9 Å². The summed E-state index contributed by atoms with van der Waals surface area (Å²) >= 11 is 6.39. The maximum atomic E-state index is 10.5. The third kappa shape index (κ3) is 1.93. The zero-order valence-electron chi connectivity index (χ0n) is 5.55. The van der Waals surface area contributed by atoms with Gasteiger partial charge >= 0.3 is 0 Å². The van der Waals surface area contributed by atoms with Crippen LogP contribution < -0.4 is 0 Å². The molecule has 1 N–H and O–H groups in total. The second-order valence-electron chi connectivity index (χ2n) is 2.34. The van der Waals surface area contributed by atoms with Crippen LogP contribution in [0.25, 0.3) is 0 Å². The van der Waals surface area contributed by atoms with E-state index in [0.717, 1.165) is 6.29 Å². The van der Waals surface area contributed by atoms with E-state index >= 15 is 0 Å². The molecule has 0 radical (unpaired) electrons. The molecule has 1 rings (SSSR count). The van der Waals surface area contributed by atoms with E-state index in [0.29, 0.717) is 10.9 Å². The molecule has 4 heteroatoms. The monoisotopic (exact) mass is 280 g/mol. The van der Waals surface area contributed by atoms with Crippen molar-refractivity contribution in [1.29, 1.82) is 0 Å². The van der Waals surface area contributed by atoms with Gasteiger partial charge < -0.3 is 9.90 Å². The van der Waals surface area contributed by atoms with Crippen LogP contribution in [0.2, 0.25) is 0 Å². The summed E-state index contributed by atoms with van der Waals surface area (Å²) < 4.78 is 0.00176. The molecule has 0 amide bonds. The number of aldehydes is 1. The Balaban J connectivity index is 2.90. The summed E-state index contributed by atoms with van der Waals surface area (Å²) in [5, 5.41) is 9.11. The van der Waals surface area contributed by atoms with E-state index in [1.807, 2.05) is 0 Å². The van der Waals surface area contributed by atoms with Gasteiger partial charge in [0.25, 0.3) is 0 Å². The molecule has 1 aliphatic rings. The molecule has 0 heterocycles. The number of allylic oxidation sites excluding steroid dienone is 3. The predicted octanol–water partition coefficient (Wildman–Crippen LogP) is 2.44. The first-order chi connectivity index (χ1) is 5.07. The maximum Gasteiger partial charge on any atom is 0.140 e. The first-order valence-corrected chi connectivity index (χ1v) is 4.58. The van der Waals surface area contributed by atoms with Crippen LogP contribution in [0.15, 0.2) is 22.4 Å². The van der Waals surface area contributed by atoms with E-state index in [1.165, 1.54) is 6.08 Å². The van der Waals surface area contributed by atoms with E-state index in [9.17, 15) is 4.79 Å². The number of rotatable bonds is 1. The van der Waals surface area contributed by atoms with Crippen molar-refractivity contribution in [2.75, 3.05) is 0 Å². The summed E-state index contributed by atoms with van der Waals surface area (Å²) in [5.41, 5.74) is 0. The second-order valence-corrected chi connectivity index (χ2v) is 4.78. The van der Waals surface area contributed by atoms with E-state index in [-0.39, 0.29) is 5.76 Å². The number of aliphatic hydroxyl groups excluding tert-OH is 1. The van der Waals surface area contributed by atoms with Crippen LogP contribution in [-0.2, 0) is 4.79 Å². The largest absolute Gasteiger partial charge is 0.507 e. The van der Waals surface area contributed by atoms with Crippen LogP contribution in [0.5, 0.6) is 0 Å². The molecule has 1 aliphatic carbocycles. The van der Waals surface area contributed by atoms with E-state index < -0.39 is 4.32 Å². The first kappa shape index (κ1) is 9.00. The van der Waals surface area contributed by atoms with E-state index in [4.69, 9.17) is 5.11 Å². The van der Waals surface area contributed by atoms with E-state index in [2.05, 4.69) is 31.9 Å². The fourth-order valence-electron chi connectivity index (χ4n) is 0.776. The average Bonchev–Trinajstić information content (AvgIpc) is 1.98. The summed E-state index contributed by atoms with van der Waals surface area (Å²) in [4.78, 5) is 10.5. The topological polar surface area (TPSA) is 37.3 Å². The predicted molar refractivity (Wildman–Crippen MR) is 50.1 cm³/mol. The highest BCUT2D eigenvalue weighted by molar-refractivity contribution is 9.12. The van der Waals surface area contributed by atoms with Gasteiger partial charge in [0.15, 0.2) is 0 Å². The third-order valence-electron chi connectivity index (χ3n) is 1.42. The second kappa shape index (κ2) is 3.11. The SMILES string of the molecule is O=CC1(Br)C=CC(O)=C(Br)C1. The molecule has 0 saturated carbocycles. The Morgan fingerprint density at radius 2 is 2.36 bits per heavy atom. The Bertz CT molecular complexity index is 245. The van der Waals surface area contributed by atoms with Gasteiger partial charge in [-0.15, -0.1) is 0 Å². The van der Waals surface area contributed by atoms with Crippen LogP contribution in [0.1, 0.15) is 6.42 Å². The average molecular weight is 282 g/mol. The number of alkyl halides is 1. The lowest BCUT2D eigenvalue weighted by Crippen LogP contribution is -2.21. The molecule has 0 aliphatic heterocycles. The summed E-state index contributed by atoms with van der Waals surface area (Å²) in [6, 6.07) is 0. The molecule has 0 aromatic heterocycles. The Kier molecular flexibility index (Phi) is 2.54. The number of carbonyl (C=O) groups excluding carboxylic acids is 1. The zero-order chi connectivity index (χ0) is 8.48. The lowest BCUT2D eigenvalue weighted by atomic mass is 10.0. The highest BCUT2D eigenvalue weighted by Crippen LogP contribution is 2.34. The highest BCUT2D eigenvalue weighted by atomic mass is 79.9. The molecule has 0 fully saturated rings. The van der Waals surface area contributed by atoms with Gasteiger partial charge in [-0.3, -0.25) is 0 Å². The van der Waals surface area contributed by atoms with Crippen LogP contribution in [0.3, 0.4) is 0 Å². The number of halogens is 2. The van der Waals surface area contributed by atoms with Gasteiger partial charge in [-0.25, -0.2) is 0 Å². The zero-order valence-corrected chi connectivity index (χ0v) is 8.72. The summed E-state index contributed by atoms with van der Waals surface area (Å²) in [7, 11) is 0. The van der Waals surface area contributed by atoms with Crippen molar-refractivity contribution in [1.82, 2.24) is 0 Å². The summed E-state index contributed by atoms with van der Waals surface area (Å²) in [5.74, 6) is 0.182. The molecule has 2 nitrogen and oxygen atoms in total. The molecule has 0 spiro atoms. The van der Waals surface area contributed by atoms with Crippen LogP contribution in [-0.4, -0.2) is 15.7 Å². The van der Waals surface area contributed by atoms with Crippen LogP contribution >= 0.6 is 31.9 Å². The minimum atomic E-state index is -0.641. The Morgan fingerprint density at radius 1 is 1.73 bits per heavy atom. The molecule has 1 unspecified atom stereocenters. The van der Waals surface area contributed by atoms with Gasteiger partial charge in [0, 0.05) is 10.9 Å². The fourth-order valence-corrected chi connectivity index (χ4v) is 2.16. The smallest absolute Gasteiger partial charge is 0.140 e. The Morgan fingerprint density at radius 3 is 2.82 bits per heavy atom. The molecule has 0 bridgehead atoms. The molecular weight excluding hydrogens is 276 g/mol. The van der Waals surface area contributed by atoms with E-state index in [1.54, 1.807) is 6.08 Å². The molecule has 60 valence electrons. The molecule has 1 atom stereocenters. The third-order valence-corrected chi connectivity index (χ3v) is 2.84. The molecule has 11 heavy (non-hydrogen) atoms. The minimum Gasteiger partial charge on any atom is -0.507 e. The number of hydrogen-bond acceptors (Lipinski definition) is 2. The van der Waals surface area contributed by atoms with Gasteiger partial charge in [-0.05, 0) is 6.08 Å². The van der Waals surface area contributed by atoms with Crippen molar-refractivity contribution >= 4 is 38.1 Å². The van der Waals surface area contributed by atoms with Crippen molar-refractivity contribution < 1.29 is 9.90 Å². The first-order valence-electron chi connectivity index (χ1n) is 2.99. The minimum absolute atomic E-state index is 0.182. The van der Waals surface area contributed by atoms with Crippen molar-refractivity contribution in [2.45, 2.75) is 10.7 Å². The normalized spacial score (nSPS) is 30.7. The van der Waals surface area contributed by atoms with Crippen LogP contribution in [0.4, 0.5) is 0 Å². The van der Waals surface area contributed by atoms with Crippen molar-refractivity contribution in [3.05, 3.63) is 22.4 Å². The summed E-state index contributed by atoms with van der Waals surface area (Å²) in [6.07, 6.45) is 4.38. The lowest BCUT2D eigenvalue weighted by molar-refractivity contribution is -0.108. The number of hydrogen-bond donors (Lipinski definition) is 1. The van der Waals surface area contributed by atoms with Crippen molar-refractivity contribution in [3.8, 4) is 0 Å². The molecule has 0 saturated heterocycles. The van der Waals surface area contributed by atoms with Gasteiger partial charge in [0.1, 0.15) is 16.4 Å². The number of carbonyl (C=O) groups is 1. The van der Waals surface area contributed by atoms with Gasteiger partial charge in [0.2, 0.25) is 0 Å². The molecular formula is C7H6Br2O2.